The number of β-lactam (4-membered cyclic amide) rings is 1. The van der Waals surface area contributed by atoms with Gasteiger partial charge in [0.2, 0.25) is 11.8 Å². The van der Waals surface area contributed by atoms with Gasteiger partial charge in [-0.2, -0.15) is 0 Å². The second-order valence-electron chi connectivity index (χ2n) is 8.60. The summed E-state index contributed by atoms with van der Waals surface area (Å²) in [7, 11) is -0.000290. The van der Waals surface area contributed by atoms with E-state index in [4.69, 9.17) is 9.47 Å². The van der Waals surface area contributed by atoms with Gasteiger partial charge in [-0.05, 0) is 37.1 Å². The van der Waals surface area contributed by atoms with Crippen molar-refractivity contribution in [3.05, 3.63) is 65.7 Å². The fourth-order valence-electron chi connectivity index (χ4n) is 4.23. The van der Waals surface area contributed by atoms with Crippen LogP contribution in [-0.2, 0) is 42.9 Å². The zero-order chi connectivity index (χ0) is 23.8. The first-order valence-corrected chi connectivity index (χ1v) is 11.8. The van der Waals surface area contributed by atoms with Crippen molar-refractivity contribution in [2.75, 3.05) is 7.11 Å². The minimum absolute atomic E-state index is 0.0198. The molecule has 0 saturated carbocycles. The molecule has 2 fully saturated rings. The third-order valence-electron chi connectivity index (χ3n) is 6.04. The number of hydrogen-bond acceptors (Lipinski definition) is 6. The lowest BCUT2D eigenvalue weighted by Crippen LogP contribution is -2.71. The van der Waals surface area contributed by atoms with Crippen LogP contribution >= 0.6 is 0 Å². The lowest BCUT2D eigenvalue weighted by Gasteiger charge is -2.43. The van der Waals surface area contributed by atoms with Gasteiger partial charge in [0.25, 0.3) is 0 Å². The third kappa shape index (κ3) is 4.25. The molecule has 2 saturated heterocycles. The number of carbonyl (C=O) groups excluding carboxylic acids is 3. The standard InChI is InChI=1S/C24H26N2O6S/c1-24(2)20(23(29)32-14-16-9-11-17(31-3)12-10-16)26-21(28)19(22(26)33(24)30)25-18(27)13-15-7-5-4-6-8-15/h4-12,19-20,22H,13-14H2,1-3H3,(H,25,27)/t19-,20+,22+,33-/m1/s1. The van der Waals surface area contributed by atoms with E-state index in [1.807, 2.05) is 30.3 Å². The first kappa shape index (κ1) is 23.0. The fraction of sp³-hybridized carbons (Fsp3) is 0.375. The first-order valence-electron chi connectivity index (χ1n) is 10.6. The number of fused-ring (bicyclic) bond motifs is 1. The molecule has 2 amide bonds. The van der Waals surface area contributed by atoms with Crippen LogP contribution in [0.4, 0.5) is 0 Å². The number of rotatable bonds is 7. The number of methoxy groups -OCH3 is 1. The summed E-state index contributed by atoms with van der Waals surface area (Å²) in [5.41, 5.74) is 1.57. The summed E-state index contributed by atoms with van der Waals surface area (Å²) >= 11 is 0. The molecule has 9 heteroatoms. The van der Waals surface area contributed by atoms with Crippen LogP contribution in [0, 0.1) is 0 Å². The molecule has 2 aliphatic rings. The quantitative estimate of drug-likeness (QED) is 0.487. The van der Waals surface area contributed by atoms with Crippen molar-refractivity contribution in [1.82, 2.24) is 10.2 Å². The van der Waals surface area contributed by atoms with Crippen LogP contribution in [-0.4, -0.2) is 56.2 Å². The van der Waals surface area contributed by atoms with E-state index in [0.717, 1.165) is 11.1 Å². The minimum Gasteiger partial charge on any atom is -0.497 e. The zero-order valence-corrected chi connectivity index (χ0v) is 19.5. The number of carbonyl (C=O) groups is 3. The maximum absolute atomic E-state index is 13.2. The fourth-order valence-corrected chi connectivity index (χ4v) is 6.15. The average molecular weight is 471 g/mol. The van der Waals surface area contributed by atoms with Gasteiger partial charge >= 0.3 is 5.97 Å². The predicted octanol–water partition coefficient (Wildman–Crippen LogP) is 1.54. The Kier molecular flexibility index (Phi) is 6.25. The molecular formula is C24H26N2O6S. The van der Waals surface area contributed by atoms with Crippen molar-refractivity contribution >= 4 is 28.6 Å². The molecule has 2 aliphatic heterocycles. The van der Waals surface area contributed by atoms with Crippen molar-refractivity contribution in [3.8, 4) is 5.75 Å². The predicted molar refractivity (Wildman–Crippen MR) is 122 cm³/mol. The number of nitrogens with zero attached hydrogens (tertiary/aromatic N) is 1. The van der Waals surface area contributed by atoms with E-state index in [1.54, 1.807) is 45.2 Å². The Morgan fingerprint density at radius 3 is 2.36 bits per heavy atom. The van der Waals surface area contributed by atoms with E-state index in [1.165, 1.54) is 4.90 Å². The van der Waals surface area contributed by atoms with Gasteiger partial charge < -0.3 is 19.7 Å². The number of ether oxygens (including phenoxy) is 2. The van der Waals surface area contributed by atoms with E-state index >= 15 is 0 Å². The first-order chi connectivity index (χ1) is 15.7. The molecule has 0 radical (unpaired) electrons. The van der Waals surface area contributed by atoms with Crippen molar-refractivity contribution < 1.29 is 28.1 Å². The molecule has 8 nitrogen and oxygen atoms in total. The largest absolute Gasteiger partial charge is 0.497 e. The summed E-state index contributed by atoms with van der Waals surface area (Å²) < 4.78 is 22.8. The van der Waals surface area contributed by atoms with Gasteiger partial charge in [-0.25, -0.2) is 4.79 Å². The van der Waals surface area contributed by atoms with Crippen LogP contribution in [0.3, 0.4) is 0 Å². The third-order valence-corrected chi connectivity index (χ3v) is 8.24. The van der Waals surface area contributed by atoms with Crippen molar-refractivity contribution in [2.45, 2.75) is 49.1 Å². The lowest BCUT2D eigenvalue weighted by atomic mass is 9.96. The van der Waals surface area contributed by atoms with Gasteiger partial charge in [0, 0.05) is 0 Å². The Balaban J connectivity index is 1.42. The summed E-state index contributed by atoms with van der Waals surface area (Å²) in [4.78, 5) is 39.6. The molecule has 0 unspecified atom stereocenters. The van der Waals surface area contributed by atoms with Gasteiger partial charge in [-0.1, -0.05) is 42.5 Å². The molecule has 2 aromatic carbocycles. The molecule has 0 bridgehead atoms. The molecule has 174 valence electrons. The normalized spacial score (nSPS) is 25.1. The van der Waals surface area contributed by atoms with Gasteiger partial charge in [0.1, 0.15) is 29.8 Å². The van der Waals surface area contributed by atoms with Gasteiger partial charge in [-0.15, -0.1) is 0 Å². The maximum Gasteiger partial charge on any atom is 0.330 e. The van der Waals surface area contributed by atoms with E-state index in [9.17, 15) is 18.6 Å². The summed E-state index contributed by atoms with van der Waals surface area (Å²) in [6, 6.07) is 14.3. The van der Waals surface area contributed by atoms with Crippen LogP contribution < -0.4 is 10.1 Å². The highest BCUT2D eigenvalue weighted by Gasteiger charge is 2.68. The number of nitrogens with one attached hydrogen (secondary N) is 1. The summed E-state index contributed by atoms with van der Waals surface area (Å²) in [5.74, 6) is -0.688. The van der Waals surface area contributed by atoms with Crippen LogP contribution in [0.1, 0.15) is 25.0 Å². The highest BCUT2D eigenvalue weighted by atomic mass is 32.2. The van der Waals surface area contributed by atoms with E-state index in [-0.39, 0.29) is 18.9 Å². The van der Waals surface area contributed by atoms with Crippen molar-refractivity contribution in [3.63, 3.8) is 0 Å². The molecule has 2 heterocycles. The average Bonchev–Trinajstić information content (AvgIpc) is 3.00. The summed E-state index contributed by atoms with van der Waals surface area (Å²) in [5, 5.41) is 1.94. The Hall–Kier alpha value is -3.20. The maximum atomic E-state index is 13.2. The minimum atomic E-state index is -1.56. The molecule has 0 spiro atoms. The number of benzene rings is 2. The number of esters is 1. The molecule has 4 rings (SSSR count). The Labute approximate surface area is 194 Å². The number of amides is 2. The van der Waals surface area contributed by atoms with Crippen molar-refractivity contribution in [1.29, 1.82) is 0 Å². The molecule has 2 aromatic rings. The summed E-state index contributed by atoms with van der Waals surface area (Å²) in [6.07, 6.45) is 0.112. The van der Waals surface area contributed by atoms with E-state index in [2.05, 4.69) is 5.32 Å². The van der Waals surface area contributed by atoms with Gasteiger partial charge in [0.05, 0.1) is 29.1 Å². The van der Waals surface area contributed by atoms with Crippen molar-refractivity contribution in [2.24, 2.45) is 0 Å². The van der Waals surface area contributed by atoms with Crippen LogP contribution in [0.25, 0.3) is 0 Å². The lowest BCUT2D eigenvalue weighted by molar-refractivity contribution is -0.165. The Morgan fingerprint density at radius 1 is 1.06 bits per heavy atom. The topological polar surface area (TPSA) is 102 Å². The highest BCUT2D eigenvalue weighted by Crippen LogP contribution is 2.44. The SMILES string of the molecule is COc1ccc(COC(=O)[C@@H]2N3C(=O)[C@@H](NC(=O)Cc4ccccc4)[C@@H]3[S@@](=O)C2(C)C)cc1. The molecule has 33 heavy (non-hydrogen) atoms. The second kappa shape index (κ2) is 8.97. The Morgan fingerprint density at radius 2 is 1.73 bits per heavy atom. The molecule has 0 aromatic heterocycles. The molecule has 4 atom stereocenters. The van der Waals surface area contributed by atoms with Gasteiger partial charge in [0.15, 0.2) is 0 Å². The van der Waals surface area contributed by atoms with E-state index < -0.39 is 44.9 Å². The van der Waals surface area contributed by atoms with E-state index in [0.29, 0.717) is 5.75 Å². The molecule has 1 N–H and O–H groups in total. The molecule has 0 aliphatic carbocycles. The zero-order valence-electron chi connectivity index (χ0n) is 18.6. The van der Waals surface area contributed by atoms with Gasteiger partial charge in [-0.3, -0.25) is 13.8 Å². The van der Waals surface area contributed by atoms with Crippen LogP contribution in [0.15, 0.2) is 54.6 Å². The second-order valence-corrected chi connectivity index (χ2v) is 10.7. The smallest absolute Gasteiger partial charge is 0.330 e. The van der Waals surface area contributed by atoms with Crippen LogP contribution in [0.2, 0.25) is 0 Å². The monoisotopic (exact) mass is 470 g/mol. The Bertz CT molecular complexity index is 1090. The number of hydrogen-bond donors (Lipinski definition) is 1. The summed E-state index contributed by atoms with van der Waals surface area (Å²) in [6.45, 7) is 3.37. The highest BCUT2D eigenvalue weighted by molar-refractivity contribution is 7.87. The molecular weight excluding hydrogens is 444 g/mol. The van der Waals surface area contributed by atoms with Crippen LogP contribution in [0.5, 0.6) is 5.75 Å².